The maximum Gasteiger partial charge on any atom is 0.291 e. The Hall–Kier alpha value is -2.62. The summed E-state index contributed by atoms with van der Waals surface area (Å²) in [4.78, 5) is 16.7. The third-order valence-corrected chi connectivity index (χ3v) is 3.61. The Kier molecular flexibility index (Phi) is 7.02. The molecule has 1 amide bonds. The van der Waals surface area contributed by atoms with Crippen LogP contribution in [0.15, 0.2) is 59.6 Å². The van der Waals surface area contributed by atoms with E-state index in [2.05, 4.69) is 22.4 Å². The zero-order valence-corrected chi connectivity index (χ0v) is 14.3. The van der Waals surface area contributed by atoms with Gasteiger partial charge in [0.05, 0.1) is 6.61 Å². The number of benzene rings is 2. The van der Waals surface area contributed by atoms with Crippen LogP contribution in [0.25, 0.3) is 0 Å². The lowest BCUT2D eigenvalue weighted by Crippen LogP contribution is -2.33. The van der Waals surface area contributed by atoms with Crippen LogP contribution in [-0.2, 0) is 11.2 Å². The zero-order valence-electron chi connectivity index (χ0n) is 14.3. The Labute approximate surface area is 143 Å². The molecule has 0 radical (unpaired) electrons. The maximum absolute atomic E-state index is 12.3. The van der Waals surface area contributed by atoms with Crippen molar-refractivity contribution < 1.29 is 9.53 Å². The van der Waals surface area contributed by atoms with Crippen molar-refractivity contribution in [2.24, 2.45) is 4.99 Å². The van der Waals surface area contributed by atoms with E-state index in [-0.39, 0.29) is 5.91 Å². The van der Waals surface area contributed by atoms with Gasteiger partial charge in [0, 0.05) is 12.1 Å². The Morgan fingerprint density at radius 3 is 2.50 bits per heavy atom. The average Bonchev–Trinajstić information content (AvgIpc) is 2.60. The summed E-state index contributed by atoms with van der Waals surface area (Å²) >= 11 is 0. The number of nitrogens with one attached hydrogen (secondary N) is 1. The van der Waals surface area contributed by atoms with Gasteiger partial charge in [0.2, 0.25) is 0 Å². The number of aryl methyl sites for hydroxylation is 2. The maximum atomic E-state index is 12.3. The SMILES string of the molecule is CCOC(=NCCCc1ccccc1)NC(=O)c1ccccc1C. The van der Waals surface area contributed by atoms with Crippen molar-refractivity contribution in [2.45, 2.75) is 26.7 Å². The van der Waals surface area contributed by atoms with Gasteiger partial charge in [-0.2, -0.15) is 0 Å². The molecule has 0 aromatic heterocycles. The van der Waals surface area contributed by atoms with Crippen molar-refractivity contribution in [1.82, 2.24) is 5.32 Å². The van der Waals surface area contributed by atoms with E-state index in [0.29, 0.717) is 24.7 Å². The average molecular weight is 324 g/mol. The van der Waals surface area contributed by atoms with Gasteiger partial charge in [-0.1, -0.05) is 48.5 Å². The summed E-state index contributed by atoms with van der Waals surface area (Å²) in [6.07, 6.45) is 1.86. The van der Waals surface area contributed by atoms with Gasteiger partial charge in [0.15, 0.2) is 0 Å². The molecule has 0 aliphatic carbocycles. The van der Waals surface area contributed by atoms with Crippen LogP contribution in [0.4, 0.5) is 0 Å². The molecule has 0 spiro atoms. The summed E-state index contributed by atoms with van der Waals surface area (Å²) in [6.45, 7) is 4.86. The Morgan fingerprint density at radius 1 is 1.08 bits per heavy atom. The highest BCUT2D eigenvalue weighted by molar-refractivity contribution is 6.04. The van der Waals surface area contributed by atoms with Crippen LogP contribution >= 0.6 is 0 Å². The topological polar surface area (TPSA) is 50.7 Å². The number of amidine groups is 1. The molecule has 0 aliphatic heterocycles. The summed E-state index contributed by atoms with van der Waals surface area (Å²) < 4.78 is 5.44. The Morgan fingerprint density at radius 2 is 1.79 bits per heavy atom. The van der Waals surface area contributed by atoms with E-state index in [1.807, 2.05) is 50.2 Å². The minimum Gasteiger partial charge on any atom is -0.465 e. The number of ether oxygens (including phenoxy) is 1. The lowest BCUT2D eigenvalue weighted by atomic mass is 10.1. The second-order valence-corrected chi connectivity index (χ2v) is 5.48. The predicted octanol–water partition coefficient (Wildman–Crippen LogP) is 3.75. The standard InChI is InChI=1S/C20H24N2O2/c1-3-24-20(21-15-9-13-17-11-5-4-6-12-17)22-19(23)18-14-8-7-10-16(18)2/h4-8,10-12,14H,3,9,13,15H2,1-2H3,(H,21,22,23). The molecular formula is C20H24N2O2. The van der Waals surface area contributed by atoms with Crippen molar-refractivity contribution >= 4 is 11.9 Å². The normalized spacial score (nSPS) is 11.2. The quantitative estimate of drug-likeness (QED) is 0.500. The molecule has 1 N–H and O–H groups in total. The largest absolute Gasteiger partial charge is 0.465 e. The first-order chi connectivity index (χ1) is 11.7. The van der Waals surface area contributed by atoms with E-state index in [1.54, 1.807) is 6.07 Å². The zero-order chi connectivity index (χ0) is 17.2. The second-order valence-electron chi connectivity index (χ2n) is 5.48. The van der Waals surface area contributed by atoms with Gasteiger partial charge < -0.3 is 4.74 Å². The minimum atomic E-state index is -0.191. The van der Waals surface area contributed by atoms with Crippen LogP contribution in [0.1, 0.15) is 34.8 Å². The number of nitrogens with zero attached hydrogens (tertiary/aromatic N) is 1. The molecular weight excluding hydrogens is 300 g/mol. The summed E-state index contributed by atoms with van der Waals surface area (Å²) in [5, 5.41) is 2.76. The molecule has 0 saturated heterocycles. The third-order valence-electron chi connectivity index (χ3n) is 3.61. The lowest BCUT2D eigenvalue weighted by molar-refractivity contribution is 0.0965. The van der Waals surface area contributed by atoms with Crippen LogP contribution in [0.2, 0.25) is 0 Å². The van der Waals surface area contributed by atoms with Gasteiger partial charge in [-0.15, -0.1) is 0 Å². The molecule has 24 heavy (non-hydrogen) atoms. The van der Waals surface area contributed by atoms with Crippen LogP contribution in [0, 0.1) is 6.92 Å². The first-order valence-electron chi connectivity index (χ1n) is 8.29. The molecule has 4 heteroatoms. The Bertz CT molecular complexity index is 681. The van der Waals surface area contributed by atoms with Crippen molar-refractivity contribution in [2.75, 3.05) is 13.2 Å². The highest BCUT2D eigenvalue weighted by atomic mass is 16.5. The number of carbonyl (C=O) groups excluding carboxylic acids is 1. The van der Waals surface area contributed by atoms with Gasteiger partial charge in [0.25, 0.3) is 11.9 Å². The van der Waals surface area contributed by atoms with Crippen LogP contribution in [0.5, 0.6) is 0 Å². The van der Waals surface area contributed by atoms with Gasteiger partial charge in [-0.3, -0.25) is 10.1 Å². The summed E-state index contributed by atoms with van der Waals surface area (Å²) in [5.74, 6) is -0.191. The predicted molar refractivity (Wildman–Crippen MR) is 97.3 cm³/mol. The van der Waals surface area contributed by atoms with Gasteiger partial charge in [0.1, 0.15) is 0 Å². The summed E-state index contributed by atoms with van der Waals surface area (Å²) in [6, 6.07) is 18.0. The fourth-order valence-electron chi connectivity index (χ4n) is 2.36. The molecule has 4 nitrogen and oxygen atoms in total. The molecule has 0 atom stereocenters. The van der Waals surface area contributed by atoms with E-state index in [9.17, 15) is 4.79 Å². The van der Waals surface area contributed by atoms with Crippen LogP contribution < -0.4 is 5.32 Å². The van der Waals surface area contributed by atoms with E-state index in [0.717, 1.165) is 18.4 Å². The molecule has 126 valence electrons. The molecule has 0 saturated carbocycles. The number of aliphatic imine (C=N–C) groups is 1. The number of amides is 1. The Balaban J connectivity index is 1.90. The summed E-state index contributed by atoms with van der Waals surface area (Å²) in [5.41, 5.74) is 2.85. The van der Waals surface area contributed by atoms with Crippen LogP contribution in [-0.4, -0.2) is 25.1 Å². The van der Waals surface area contributed by atoms with Crippen LogP contribution in [0.3, 0.4) is 0 Å². The fraction of sp³-hybridized carbons (Fsp3) is 0.300. The molecule has 0 heterocycles. The highest BCUT2D eigenvalue weighted by Gasteiger charge is 2.11. The van der Waals surface area contributed by atoms with Crippen molar-refractivity contribution in [1.29, 1.82) is 0 Å². The van der Waals surface area contributed by atoms with Crippen molar-refractivity contribution in [3.8, 4) is 0 Å². The molecule has 0 unspecified atom stereocenters. The highest BCUT2D eigenvalue weighted by Crippen LogP contribution is 2.07. The molecule has 2 aromatic rings. The van der Waals surface area contributed by atoms with Crippen molar-refractivity contribution in [3.63, 3.8) is 0 Å². The monoisotopic (exact) mass is 324 g/mol. The first kappa shape index (κ1) is 17.7. The first-order valence-corrected chi connectivity index (χ1v) is 8.29. The van der Waals surface area contributed by atoms with Crippen molar-refractivity contribution in [3.05, 3.63) is 71.3 Å². The molecule has 0 bridgehead atoms. The van der Waals surface area contributed by atoms with E-state index >= 15 is 0 Å². The third kappa shape index (κ3) is 5.54. The second kappa shape index (κ2) is 9.50. The lowest BCUT2D eigenvalue weighted by Gasteiger charge is -2.10. The smallest absolute Gasteiger partial charge is 0.291 e. The number of hydrogen-bond donors (Lipinski definition) is 1. The number of hydrogen-bond acceptors (Lipinski definition) is 3. The van der Waals surface area contributed by atoms with E-state index < -0.39 is 0 Å². The van der Waals surface area contributed by atoms with E-state index in [4.69, 9.17) is 4.74 Å². The molecule has 2 rings (SSSR count). The molecule has 0 fully saturated rings. The van der Waals surface area contributed by atoms with Gasteiger partial charge in [-0.05, 0) is 43.9 Å². The van der Waals surface area contributed by atoms with Gasteiger partial charge in [-0.25, -0.2) is 4.99 Å². The van der Waals surface area contributed by atoms with Gasteiger partial charge >= 0.3 is 0 Å². The van der Waals surface area contributed by atoms with E-state index in [1.165, 1.54) is 5.56 Å². The molecule has 0 aliphatic rings. The minimum absolute atomic E-state index is 0.191. The number of carbonyl (C=O) groups is 1. The number of rotatable bonds is 6. The summed E-state index contributed by atoms with van der Waals surface area (Å²) in [7, 11) is 0. The fourth-order valence-corrected chi connectivity index (χ4v) is 2.36. The molecule has 2 aromatic carbocycles.